The Morgan fingerprint density at radius 2 is 1.79 bits per heavy atom. The van der Waals surface area contributed by atoms with E-state index in [-0.39, 0.29) is 17.2 Å². The lowest BCUT2D eigenvalue weighted by Gasteiger charge is -2.13. The molecule has 0 fully saturated rings. The Kier molecular flexibility index (Phi) is 8.18. The summed E-state index contributed by atoms with van der Waals surface area (Å²) in [6, 6.07) is 14.0. The molecule has 0 saturated heterocycles. The van der Waals surface area contributed by atoms with Crippen molar-refractivity contribution in [3.05, 3.63) is 59.9 Å². The van der Waals surface area contributed by atoms with E-state index in [4.69, 9.17) is 10.00 Å². The van der Waals surface area contributed by atoms with Gasteiger partial charge in [-0.25, -0.2) is 4.39 Å². The zero-order valence-electron chi connectivity index (χ0n) is 15.5. The molecule has 9 heteroatoms. The number of halogens is 1. The number of rotatable bonds is 8. The van der Waals surface area contributed by atoms with E-state index in [1.165, 1.54) is 25.1 Å². The molecule has 150 valence electrons. The van der Waals surface area contributed by atoms with Gasteiger partial charge in [-0.05, 0) is 43.3 Å². The number of ether oxygens (including phenoxy) is 1. The molecule has 2 N–H and O–H groups in total. The molecule has 2 rings (SSSR count). The van der Waals surface area contributed by atoms with E-state index in [2.05, 4.69) is 10.6 Å². The quantitative estimate of drug-likeness (QED) is 0.642. The zero-order chi connectivity index (χ0) is 21.2. The molecule has 7 nitrogen and oxygen atoms in total. The summed E-state index contributed by atoms with van der Waals surface area (Å²) in [7, 11) is 0. The van der Waals surface area contributed by atoms with Crippen molar-refractivity contribution in [1.29, 1.82) is 5.26 Å². The molecule has 0 aliphatic carbocycles. The number of nitriles is 1. The Balaban J connectivity index is 1.71. The van der Waals surface area contributed by atoms with E-state index in [9.17, 15) is 18.8 Å². The van der Waals surface area contributed by atoms with Crippen LogP contribution in [0.4, 0.5) is 15.8 Å². The SMILES string of the molecule is C[C@H](OC(=O)CSCC(=O)Nc1ccccc1F)C(=O)Nc1ccc(C#N)cc1. The summed E-state index contributed by atoms with van der Waals surface area (Å²) in [6.07, 6.45) is -1.04. The van der Waals surface area contributed by atoms with Gasteiger partial charge in [-0.3, -0.25) is 14.4 Å². The summed E-state index contributed by atoms with van der Waals surface area (Å²) in [5.74, 6) is -2.40. The summed E-state index contributed by atoms with van der Waals surface area (Å²) >= 11 is 0.985. The standard InChI is InChI=1S/C20H18FN3O4S/c1-13(20(27)23-15-8-6-14(10-22)7-9-15)28-19(26)12-29-11-18(25)24-17-5-3-2-4-16(17)21/h2-9,13H,11-12H2,1H3,(H,23,27)(H,24,25)/t13-/m0/s1. The van der Waals surface area contributed by atoms with Crippen LogP contribution >= 0.6 is 11.8 Å². The zero-order valence-corrected chi connectivity index (χ0v) is 16.3. The van der Waals surface area contributed by atoms with Gasteiger partial charge in [-0.2, -0.15) is 5.26 Å². The van der Waals surface area contributed by atoms with Crippen molar-refractivity contribution in [2.24, 2.45) is 0 Å². The molecular formula is C20H18FN3O4S. The molecule has 2 aromatic carbocycles. The fraction of sp³-hybridized carbons (Fsp3) is 0.200. The molecule has 0 bridgehead atoms. The van der Waals surface area contributed by atoms with Gasteiger partial charge >= 0.3 is 5.97 Å². The highest BCUT2D eigenvalue weighted by Crippen LogP contribution is 2.13. The molecule has 1 atom stereocenters. The lowest BCUT2D eigenvalue weighted by molar-refractivity contribution is -0.150. The van der Waals surface area contributed by atoms with Crippen LogP contribution in [0.25, 0.3) is 0 Å². The summed E-state index contributed by atoms with van der Waals surface area (Å²) in [4.78, 5) is 35.7. The van der Waals surface area contributed by atoms with E-state index in [0.29, 0.717) is 11.3 Å². The Bertz CT molecular complexity index is 928. The average molecular weight is 415 g/mol. The molecule has 0 spiro atoms. The second-order valence-corrected chi connectivity index (χ2v) is 6.82. The molecule has 0 aromatic heterocycles. The molecular weight excluding hydrogens is 397 g/mol. The van der Waals surface area contributed by atoms with Crippen molar-refractivity contribution in [2.75, 3.05) is 22.1 Å². The predicted molar refractivity (Wildman–Crippen MR) is 108 cm³/mol. The first-order chi connectivity index (χ1) is 13.9. The number of thioether (sulfide) groups is 1. The van der Waals surface area contributed by atoms with Gasteiger partial charge in [-0.1, -0.05) is 12.1 Å². The van der Waals surface area contributed by atoms with Crippen molar-refractivity contribution >= 4 is 40.9 Å². The molecule has 2 aromatic rings. The second kappa shape index (κ2) is 10.8. The maximum atomic E-state index is 13.5. The van der Waals surface area contributed by atoms with Crippen molar-refractivity contribution in [3.63, 3.8) is 0 Å². The minimum Gasteiger partial charge on any atom is -0.452 e. The van der Waals surface area contributed by atoms with Gasteiger partial charge in [0.2, 0.25) is 5.91 Å². The lowest BCUT2D eigenvalue weighted by atomic mass is 10.2. The molecule has 2 amide bonds. The Labute approximate surface area is 171 Å². The van der Waals surface area contributed by atoms with Gasteiger partial charge < -0.3 is 15.4 Å². The van der Waals surface area contributed by atoms with Crippen LogP contribution in [0.2, 0.25) is 0 Å². The molecule has 29 heavy (non-hydrogen) atoms. The van der Waals surface area contributed by atoms with Crippen LogP contribution < -0.4 is 10.6 Å². The van der Waals surface area contributed by atoms with E-state index in [1.807, 2.05) is 6.07 Å². The summed E-state index contributed by atoms with van der Waals surface area (Å²) < 4.78 is 18.5. The Morgan fingerprint density at radius 1 is 1.10 bits per heavy atom. The van der Waals surface area contributed by atoms with Crippen molar-refractivity contribution in [3.8, 4) is 6.07 Å². The predicted octanol–water partition coefficient (Wildman–Crippen LogP) is 2.94. The minimum atomic E-state index is -1.04. The summed E-state index contributed by atoms with van der Waals surface area (Å²) in [5.41, 5.74) is 0.989. The number of hydrogen-bond donors (Lipinski definition) is 2. The number of amides is 2. The fourth-order valence-corrected chi connectivity index (χ4v) is 2.73. The fourth-order valence-electron chi connectivity index (χ4n) is 2.13. The normalized spacial score (nSPS) is 11.1. The lowest BCUT2D eigenvalue weighted by Crippen LogP contribution is -2.30. The monoisotopic (exact) mass is 415 g/mol. The van der Waals surface area contributed by atoms with Gasteiger partial charge in [-0.15, -0.1) is 11.8 Å². The topological polar surface area (TPSA) is 108 Å². The van der Waals surface area contributed by atoms with Crippen LogP contribution in [0.15, 0.2) is 48.5 Å². The molecule has 0 saturated carbocycles. The van der Waals surface area contributed by atoms with Crippen LogP contribution in [-0.2, 0) is 19.1 Å². The van der Waals surface area contributed by atoms with Crippen LogP contribution in [0.3, 0.4) is 0 Å². The number of nitrogens with zero attached hydrogens (tertiary/aromatic N) is 1. The molecule has 0 aliphatic rings. The number of benzene rings is 2. The number of carbonyl (C=O) groups excluding carboxylic acids is 3. The van der Waals surface area contributed by atoms with Crippen molar-refractivity contribution in [1.82, 2.24) is 0 Å². The number of hydrogen-bond acceptors (Lipinski definition) is 6. The van der Waals surface area contributed by atoms with Crippen LogP contribution in [-0.4, -0.2) is 35.4 Å². The highest BCUT2D eigenvalue weighted by molar-refractivity contribution is 8.00. The number of para-hydroxylation sites is 1. The van der Waals surface area contributed by atoms with Crippen LogP contribution in [0, 0.1) is 17.1 Å². The number of anilines is 2. The third-order valence-electron chi connectivity index (χ3n) is 3.56. The van der Waals surface area contributed by atoms with Gasteiger partial charge in [0.05, 0.1) is 28.8 Å². The third-order valence-corrected chi connectivity index (χ3v) is 4.47. The van der Waals surface area contributed by atoms with Gasteiger partial charge in [0.15, 0.2) is 6.10 Å². The largest absolute Gasteiger partial charge is 0.452 e. The van der Waals surface area contributed by atoms with Crippen molar-refractivity contribution in [2.45, 2.75) is 13.0 Å². The maximum absolute atomic E-state index is 13.5. The third kappa shape index (κ3) is 7.27. The molecule has 0 aliphatic heterocycles. The van der Waals surface area contributed by atoms with E-state index in [0.717, 1.165) is 11.8 Å². The Morgan fingerprint density at radius 3 is 2.45 bits per heavy atom. The molecule has 0 unspecified atom stereocenters. The molecule has 0 heterocycles. The number of esters is 1. The molecule has 0 radical (unpaired) electrons. The first-order valence-electron chi connectivity index (χ1n) is 8.51. The first kappa shape index (κ1) is 21.9. The Hall–Kier alpha value is -3.38. The number of nitrogens with one attached hydrogen (secondary N) is 2. The summed E-state index contributed by atoms with van der Waals surface area (Å²) in [6.45, 7) is 1.42. The minimum absolute atomic E-state index is 0.0637. The van der Waals surface area contributed by atoms with E-state index in [1.54, 1.807) is 30.3 Å². The smallest absolute Gasteiger partial charge is 0.316 e. The van der Waals surface area contributed by atoms with Gasteiger partial charge in [0, 0.05) is 5.69 Å². The van der Waals surface area contributed by atoms with Gasteiger partial charge in [0.25, 0.3) is 5.91 Å². The van der Waals surface area contributed by atoms with E-state index < -0.39 is 29.7 Å². The highest BCUT2D eigenvalue weighted by atomic mass is 32.2. The second-order valence-electron chi connectivity index (χ2n) is 5.83. The van der Waals surface area contributed by atoms with Gasteiger partial charge in [0.1, 0.15) is 5.82 Å². The van der Waals surface area contributed by atoms with E-state index >= 15 is 0 Å². The maximum Gasteiger partial charge on any atom is 0.316 e. The average Bonchev–Trinajstić information content (AvgIpc) is 2.70. The van der Waals surface area contributed by atoms with Crippen LogP contribution in [0.5, 0.6) is 0 Å². The highest BCUT2D eigenvalue weighted by Gasteiger charge is 2.18. The van der Waals surface area contributed by atoms with Crippen molar-refractivity contribution < 1.29 is 23.5 Å². The first-order valence-corrected chi connectivity index (χ1v) is 9.67. The summed E-state index contributed by atoms with van der Waals surface area (Å²) in [5, 5.41) is 13.7. The number of carbonyl (C=O) groups is 3. The van der Waals surface area contributed by atoms with Crippen LogP contribution in [0.1, 0.15) is 12.5 Å².